The first-order chi connectivity index (χ1) is 23.5. The van der Waals surface area contributed by atoms with Crippen molar-refractivity contribution in [2.45, 2.75) is 110 Å². The summed E-state index contributed by atoms with van der Waals surface area (Å²) in [5, 5.41) is 15.8. The molecule has 1 saturated heterocycles. The number of nitrogens with one attached hydrogen (secondary N) is 2. The molecule has 13 heteroatoms. The third-order valence-corrected chi connectivity index (χ3v) is 14.1. The minimum atomic E-state index is -2.22. The fraction of sp³-hybridized carbons (Fsp3) is 0.526. The second kappa shape index (κ2) is 14.8. The van der Waals surface area contributed by atoms with Crippen LogP contribution in [0.1, 0.15) is 73.6 Å². The topological polar surface area (TPSA) is 112 Å². The van der Waals surface area contributed by atoms with Crippen molar-refractivity contribution in [1.29, 1.82) is 5.26 Å². The van der Waals surface area contributed by atoms with E-state index in [1.165, 1.54) is 6.07 Å². The highest BCUT2D eigenvalue weighted by Gasteiger charge is 2.45. The number of hydrogen-bond acceptors (Lipinski definition) is 8. The summed E-state index contributed by atoms with van der Waals surface area (Å²) in [7, 11) is -2.22. The molecule has 3 aromatic rings. The van der Waals surface area contributed by atoms with Gasteiger partial charge < -0.3 is 24.7 Å². The third kappa shape index (κ3) is 9.40. The van der Waals surface area contributed by atoms with Crippen molar-refractivity contribution in [3.8, 4) is 17.3 Å². The Morgan fingerprint density at radius 3 is 2.25 bits per heavy atom. The number of hydrogen-bond donors (Lipinski definition) is 2. The summed E-state index contributed by atoms with van der Waals surface area (Å²) in [4.78, 5) is 23.8. The van der Waals surface area contributed by atoms with Gasteiger partial charge in [0.1, 0.15) is 28.7 Å². The van der Waals surface area contributed by atoms with Crippen LogP contribution < -0.4 is 15.5 Å². The molecule has 0 spiro atoms. The molecule has 276 valence electrons. The Hall–Kier alpha value is -4.15. The van der Waals surface area contributed by atoms with E-state index in [0.717, 1.165) is 23.9 Å². The van der Waals surface area contributed by atoms with Crippen LogP contribution in [0.3, 0.4) is 0 Å². The highest BCUT2D eigenvalue weighted by Crippen LogP contribution is 2.40. The zero-order valence-electron chi connectivity index (χ0n) is 31.5. The molecule has 2 N–H and O–H groups in total. The number of anilines is 2. The Morgan fingerprint density at radius 1 is 1.02 bits per heavy atom. The predicted octanol–water partition coefficient (Wildman–Crippen LogP) is 8.71. The van der Waals surface area contributed by atoms with Crippen molar-refractivity contribution in [3.63, 3.8) is 0 Å². The molecule has 0 bridgehead atoms. The lowest BCUT2D eigenvalue weighted by Crippen LogP contribution is -2.62. The molecule has 2 aromatic heterocycles. The summed E-state index contributed by atoms with van der Waals surface area (Å²) in [6.45, 7) is 22.7. The van der Waals surface area contributed by atoms with Gasteiger partial charge in [-0.2, -0.15) is 5.26 Å². The van der Waals surface area contributed by atoms with Crippen molar-refractivity contribution in [2.24, 2.45) is 5.92 Å². The number of piperidine rings is 1. The predicted molar refractivity (Wildman–Crippen MR) is 196 cm³/mol. The van der Waals surface area contributed by atoms with Crippen LogP contribution in [0.2, 0.25) is 18.1 Å². The van der Waals surface area contributed by atoms with Crippen molar-refractivity contribution < 1.29 is 27.1 Å². The number of nitrogens with zero attached hydrogens (tertiary/aromatic N) is 4. The molecule has 9 nitrogen and oxygen atoms in total. The quantitative estimate of drug-likeness (QED) is 0.211. The Morgan fingerprint density at radius 2 is 1.67 bits per heavy atom. The van der Waals surface area contributed by atoms with Gasteiger partial charge in [0, 0.05) is 25.2 Å². The molecule has 51 heavy (non-hydrogen) atoms. The third-order valence-electron chi connectivity index (χ3n) is 9.60. The number of amides is 1. The Bertz CT molecular complexity index is 1760. The van der Waals surface area contributed by atoms with Gasteiger partial charge in [0.15, 0.2) is 8.32 Å². The average Bonchev–Trinajstić information content (AvgIpc) is 3.01. The minimum Gasteiger partial charge on any atom is -0.444 e. The molecule has 0 unspecified atom stereocenters. The van der Waals surface area contributed by atoms with Gasteiger partial charge in [-0.25, -0.2) is 22.9 Å². The van der Waals surface area contributed by atoms with Crippen LogP contribution in [0.4, 0.5) is 29.3 Å². The van der Waals surface area contributed by atoms with E-state index in [-0.39, 0.29) is 29.2 Å². The number of benzene rings is 1. The molecular weight excluding hydrogens is 674 g/mol. The number of rotatable bonds is 9. The first-order valence-electron chi connectivity index (χ1n) is 17.2. The smallest absolute Gasteiger partial charge is 0.408 e. The zero-order chi connectivity index (χ0) is 38.1. The molecule has 0 saturated carbocycles. The van der Waals surface area contributed by atoms with Crippen LogP contribution in [-0.4, -0.2) is 55.2 Å². The first kappa shape index (κ1) is 39.6. The standard InChI is InChI=1S/C38H51F3N6O3Si/c1-23-20-47(21-30(46-35(48)49-36(2,3)4)34(23)50-51(10,11)37(5,6)7)31-14-15-43-19-29(31)44-18-25-12-13-26(39)33(45-25)32-27(40)16-24(17-28(32)41)38(8,9)22-42/h12-17,19,23,30,34,44H,18,20-21H2,1-11H3,(H,46,48)/t23-,30+,34+/m0/s1. The molecule has 1 aliphatic rings. The van der Waals surface area contributed by atoms with Gasteiger partial charge in [-0.15, -0.1) is 0 Å². The lowest BCUT2D eigenvalue weighted by Gasteiger charge is -2.48. The van der Waals surface area contributed by atoms with E-state index >= 15 is 13.2 Å². The SMILES string of the molecule is C[C@H]1CN(c2ccncc2NCc2ccc(F)c(-c3c(F)cc(C(C)(C)C#N)cc3F)n2)C[C@@H](NC(=O)OC(C)(C)C)[C@@H]1O[Si](C)(C)C(C)(C)C. The van der Waals surface area contributed by atoms with E-state index < -0.39 is 60.2 Å². The number of pyridine rings is 2. The van der Waals surface area contributed by atoms with Gasteiger partial charge >= 0.3 is 6.09 Å². The van der Waals surface area contributed by atoms with Crippen molar-refractivity contribution in [3.05, 3.63) is 71.4 Å². The monoisotopic (exact) mass is 724 g/mol. The molecule has 1 aromatic carbocycles. The number of halogens is 3. The van der Waals surface area contributed by atoms with E-state index in [1.807, 2.05) is 32.9 Å². The summed E-state index contributed by atoms with van der Waals surface area (Å²) >= 11 is 0. The molecule has 1 aliphatic heterocycles. The van der Waals surface area contributed by atoms with Gasteiger partial charge in [-0.3, -0.25) is 4.98 Å². The minimum absolute atomic E-state index is 0.0186. The van der Waals surface area contributed by atoms with Gasteiger partial charge in [0.2, 0.25) is 0 Å². The maximum atomic E-state index is 15.3. The summed E-state index contributed by atoms with van der Waals surface area (Å²) in [5.74, 6) is -2.88. The van der Waals surface area contributed by atoms with Crippen LogP contribution in [0.25, 0.3) is 11.3 Å². The van der Waals surface area contributed by atoms with Crippen LogP contribution >= 0.6 is 0 Å². The summed E-state index contributed by atoms with van der Waals surface area (Å²) in [6, 6.07) is 8.15. The van der Waals surface area contributed by atoms with E-state index in [4.69, 9.17) is 9.16 Å². The maximum absolute atomic E-state index is 15.3. The fourth-order valence-corrected chi connectivity index (χ4v) is 7.16. The van der Waals surface area contributed by atoms with Crippen LogP contribution in [-0.2, 0) is 21.1 Å². The number of nitriles is 1. The van der Waals surface area contributed by atoms with E-state index in [9.17, 15) is 10.1 Å². The highest BCUT2D eigenvalue weighted by molar-refractivity contribution is 6.74. The second-order valence-corrected chi connectivity index (χ2v) is 21.2. The van der Waals surface area contributed by atoms with Crippen LogP contribution in [0, 0.1) is 34.7 Å². The molecule has 3 heterocycles. The van der Waals surface area contributed by atoms with Gasteiger partial charge in [0.25, 0.3) is 0 Å². The fourth-order valence-electron chi connectivity index (χ4n) is 5.73. The first-order valence-corrected chi connectivity index (χ1v) is 20.1. The molecule has 0 radical (unpaired) electrons. The van der Waals surface area contributed by atoms with Gasteiger partial charge in [0.05, 0.1) is 59.0 Å². The largest absolute Gasteiger partial charge is 0.444 e. The van der Waals surface area contributed by atoms with Gasteiger partial charge in [-0.05, 0) is 88.6 Å². The van der Waals surface area contributed by atoms with Crippen molar-refractivity contribution in [1.82, 2.24) is 15.3 Å². The molecule has 4 rings (SSSR count). The Balaban J connectivity index is 1.60. The van der Waals surface area contributed by atoms with Crippen LogP contribution in [0.5, 0.6) is 0 Å². The number of ether oxygens (including phenoxy) is 1. The molecule has 1 fully saturated rings. The van der Waals surface area contributed by atoms with E-state index in [2.05, 4.69) is 66.3 Å². The Labute approximate surface area is 301 Å². The molecular formula is C38H51F3N6O3Si. The van der Waals surface area contributed by atoms with Gasteiger partial charge in [-0.1, -0.05) is 27.7 Å². The van der Waals surface area contributed by atoms with E-state index in [0.29, 0.717) is 24.5 Å². The van der Waals surface area contributed by atoms with Crippen molar-refractivity contribution in [2.75, 3.05) is 23.3 Å². The normalized spacial score (nSPS) is 18.6. The lowest BCUT2D eigenvalue weighted by molar-refractivity contribution is 0.0336. The second-order valence-electron chi connectivity index (χ2n) is 16.4. The summed E-state index contributed by atoms with van der Waals surface area (Å²) in [6.07, 6.45) is 2.56. The molecule has 3 atom stereocenters. The Kier molecular flexibility index (Phi) is 11.5. The van der Waals surface area contributed by atoms with Crippen LogP contribution in [0.15, 0.2) is 42.7 Å². The van der Waals surface area contributed by atoms with E-state index in [1.54, 1.807) is 26.2 Å². The summed E-state index contributed by atoms with van der Waals surface area (Å²) < 4.78 is 58.1. The number of alkyl carbamates (subject to hydrolysis) is 1. The highest BCUT2D eigenvalue weighted by atomic mass is 28.4. The summed E-state index contributed by atoms with van der Waals surface area (Å²) in [5.41, 5.74) is -0.951. The van der Waals surface area contributed by atoms with Crippen molar-refractivity contribution >= 4 is 25.8 Å². The average molecular weight is 725 g/mol. The molecule has 0 aliphatic carbocycles. The number of carbonyl (C=O) groups excluding carboxylic acids is 1. The number of carbonyl (C=O) groups is 1. The zero-order valence-corrected chi connectivity index (χ0v) is 32.5. The number of aromatic nitrogens is 2. The lowest BCUT2D eigenvalue weighted by atomic mass is 9.85. The maximum Gasteiger partial charge on any atom is 0.408 e. The molecule has 1 amide bonds.